The maximum atomic E-state index is 15.2. The van der Waals surface area contributed by atoms with E-state index in [0.717, 1.165) is 37.6 Å². The van der Waals surface area contributed by atoms with Crippen LogP contribution in [0.4, 0.5) is 19.7 Å². The summed E-state index contributed by atoms with van der Waals surface area (Å²) in [6.07, 6.45) is 4.37. The number of hydrogen-bond acceptors (Lipinski definition) is 5. The van der Waals surface area contributed by atoms with Gasteiger partial charge in [0.25, 0.3) is 0 Å². The van der Waals surface area contributed by atoms with Crippen LogP contribution < -0.4 is 14.4 Å². The normalized spacial score (nSPS) is 14.2. The summed E-state index contributed by atoms with van der Waals surface area (Å²) < 4.78 is 33.2. The summed E-state index contributed by atoms with van der Waals surface area (Å²) in [7, 11) is 1.59. The van der Waals surface area contributed by atoms with Gasteiger partial charge in [0.15, 0.2) is 11.5 Å². The lowest BCUT2D eigenvalue weighted by molar-refractivity contribution is 0.0543. The van der Waals surface area contributed by atoms with Gasteiger partial charge in [0.2, 0.25) is 0 Å². The minimum Gasteiger partial charge on any atom is -0.493 e. The van der Waals surface area contributed by atoms with Crippen molar-refractivity contribution in [3.05, 3.63) is 54.0 Å². The zero-order chi connectivity index (χ0) is 28.2. The van der Waals surface area contributed by atoms with Crippen LogP contribution in [0.15, 0.2) is 42.6 Å². The van der Waals surface area contributed by atoms with Gasteiger partial charge in [-0.25, -0.2) is 18.5 Å². The smallest absolute Gasteiger partial charge is 0.419 e. The largest absolute Gasteiger partial charge is 0.493 e. The number of hydrogen-bond donors (Lipinski definition) is 0. The highest BCUT2D eigenvalue weighted by molar-refractivity contribution is 5.95. The van der Waals surface area contributed by atoms with E-state index in [-0.39, 0.29) is 12.6 Å². The van der Waals surface area contributed by atoms with Crippen LogP contribution in [0.3, 0.4) is 0 Å². The van der Waals surface area contributed by atoms with Gasteiger partial charge in [-0.3, -0.25) is 4.90 Å². The number of anilines is 1. The Hall–Kier alpha value is -3.75. The SMILES string of the molecule is CCCCCOc1cc(N2CCCN(Cc3cccc4c3c(F)cn4C(=O)OC(C)(C)C)C2=O)ccc1OC. The Kier molecular flexibility index (Phi) is 8.67. The summed E-state index contributed by atoms with van der Waals surface area (Å²) in [5.41, 5.74) is 1.03. The molecule has 1 aliphatic rings. The lowest BCUT2D eigenvalue weighted by atomic mass is 10.1. The molecule has 0 bridgehead atoms. The monoisotopic (exact) mass is 539 g/mol. The van der Waals surface area contributed by atoms with Crippen LogP contribution in [0.1, 0.15) is 58.9 Å². The molecule has 2 aromatic carbocycles. The van der Waals surface area contributed by atoms with Crippen molar-refractivity contribution in [3.8, 4) is 11.5 Å². The van der Waals surface area contributed by atoms with E-state index >= 15 is 4.39 Å². The quantitative estimate of drug-likeness (QED) is 0.275. The van der Waals surface area contributed by atoms with E-state index < -0.39 is 17.5 Å². The van der Waals surface area contributed by atoms with Crippen LogP contribution in [0.25, 0.3) is 10.9 Å². The highest BCUT2D eigenvalue weighted by Gasteiger charge is 2.29. The Bertz CT molecular complexity index is 1330. The molecule has 0 saturated carbocycles. The molecule has 9 heteroatoms. The van der Waals surface area contributed by atoms with Crippen LogP contribution in [0.2, 0.25) is 0 Å². The second-order valence-corrected chi connectivity index (χ2v) is 10.7. The summed E-state index contributed by atoms with van der Waals surface area (Å²) in [6, 6.07) is 10.5. The lowest BCUT2D eigenvalue weighted by Gasteiger charge is -2.36. The van der Waals surface area contributed by atoms with Crippen molar-refractivity contribution in [1.29, 1.82) is 0 Å². The summed E-state index contributed by atoms with van der Waals surface area (Å²) >= 11 is 0. The van der Waals surface area contributed by atoms with Crippen molar-refractivity contribution in [3.63, 3.8) is 0 Å². The number of urea groups is 1. The number of benzene rings is 2. The van der Waals surface area contributed by atoms with Gasteiger partial charge in [-0.2, -0.15) is 0 Å². The van der Waals surface area contributed by atoms with Crippen molar-refractivity contribution in [2.75, 3.05) is 31.7 Å². The average Bonchev–Trinajstić information content (AvgIpc) is 3.24. The van der Waals surface area contributed by atoms with Gasteiger partial charge in [0, 0.05) is 36.8 Å². The first-order valence-electron chi connectivity index (χ1n) is 13.5. The zero-order valence-corrected chi connectivity index (χ0v) is 23.5. The predicted molar refractivity (Wildman–Crippen MR) is 149 cm³/mol. The van der Waals surface area contributed by atoms with Crippen LogP contribution >= 0.6 is 0 Å². The molecule has 1 aliphatic heterocycles. The number of nitrogens with zero attached hydrogens (tertiary/aromatic N) is 3. The van der Waals surface area contributed by atoms with E-state index in [1.165, 1.54) is 4.57 Å². The predicted octanol–water partition coefficient (Wildman–Crippen LogP) is 6.97. The molecule has 4 rings (SSSR count). The second kappa shape index (κ2) is 12.0. The molecule has 8 nitrogen and oxygen atoms in total. The second-order valence-electron chi connectivity index (χ2n) is 10.7. The Morgan fingerprint density at radius 1 is 1.08 bits per heavy atom. The minimum absolute atomic E-state index is 0.174. The van der Waals surface area contributed by atoms with E-state index in [9.17, 15) is 9.59 Å². The number of carbonyl (C=O) groups is 2. The molecule has 0 spiro atoms. The molecule has 1 fully saturated rings. The Morgan fingerprint density at radius 3 is 2.59 bits per heavy atom. The number of ether oxygens (including phenoxy) is 3. The summed E-state index contributed by atoms with van der Waals surface area (Å²) in [4.78, 5) is 29.7. The van der Waals surface area contributed by atoms with Gasteiger partial charge in [-0.15, -0.1) is 0 Å². The highest BCUT2D eigenvalue weighted by Crippen LogP contribution is 2.34. The molecule has 0 N–H and O–H groups in total. The zero-order valence-electron chi connectivity index (χ0n) is 23.5. The molecular formula is C30H38FN3O5. The molecule has 1 saturated heterocycles. The van der Waals surface area contributed by atoms with Crippen molar-refractivity contribution in [2.24, 2.45) is 0 Å². The van der Waals surface area contributed by atoms with Crippen molar-refractivity contribution in [2.45, 2.75) is 65.5 Å². The third-order valence-electron chi connectivity index (χ3n) is 6.60. The third-order valence-corrected chi connectivity index (χ3v) is 6.60. The maximum absolute atomic E-state index is 15.2. The van der Waals surface area contributed by atoms with Gasteiger partial charge in [0.1, 0.15) is 11.4 Å². The molecule has 0 aliphatic carbocycles. The number of carbonyl (C=O) groups excluding carboxylic acids is 2. The van der Waals surface area contributed by atoms with E-state index in [1.54, 1.807) is 55.9 Å². The number of halogens is 1. The topological polar surface area (TPSA) is 73.2 Å². The Labute approximate surface area is 229 Å². The highest BCUT2D eigenvalue weighted by atomic mass is 19.1. The molecule has 2 amide bonds. The Balaban J connectivity index is 1.56. The molecule has 1 aromatic heterocycles. The van der Waals surface area contributed by atoms with Crippen LogP contribution in [0, 0.1) is 5.82 Å². The van der Waals surface area contributed by atoms with Crippen LogP contribution in [0.5, 0.6) is 11.5 Å². The van der Waals surface area contributed by atoms with Gasteiger partial charge in [-0.1, -0.05) is 31.9 Å². The van der Waals surface area contributed by atoms with Crippen molar-refractivity contribution >= 4 is 28.7 Å². The fourth-order valence-corrected chi connectivity index (χ4v) is 4.76. The summed E-state index contributed by atoms with van der Waals surface area (Å²) in [6.45, 7) is 9.30. The first-order chi connectivity index (χ1) is 18.6. The van der Waals surface area contributed by atoms with Gasteiger partial charge in [0.05, 0.1) is 25.4 Å². The third kappa shape index (κ3) is 6.46. The molecule has 210 valence electrons. The minimum atomic E-state index is -0.715. The summed E-state index contributed by atoms with van der Waals surface area (Å²) in [5, 5.41) is 0.306. The van der Waals surface area contributed by atoms with E-state index in [1.807, 2.05) is 18.2 Å². The van der Waals surface area contributed by atoms with E-state index in [4.69, 9.17) is 14.2 Å². The van der Waals surface area contributed by atoms with Crippen LogP contribution in [-0.4, -0.2) is 54.0 Å². The fraction of sp³-hybridized carbons (Fsp3) is 0.467. The van der Waals surface area contributed by atoms with Crippen molar-refractivity contribution in [1.82, 2.24) is 9.47 Å². The van der Waals surface area contributed by atoms with E-state index in [2.05, 4.69) is 6.92 Å². The molecule has 0 radical (unpaired) electrons. The number of aromatic nitrogens is 1. The molecule has 2 heterocycles. The van der Waals surface area contributed by atoms with E-state index in [0.29, 0.717) is 47.7 Å². The number of methoxy groups -OCH3 is 1. The standard InChI is InChI=1S/C30H38FN3O5/c1-6-7-8-17-38-26-18-22(13-14-25(26)37-5)33-16-10-15-32(28(33)35)19-21-11-9-12-24-27(21)23(31)20-34(24)29(36)39-30(2,3)4/h9,11-14,18,20H,6-8,10,15-17,19H2,1-5H3. The van der Waals surface area contributed by atoms with Gasteiger partial charge < -0.3 is 19.1 Å². The molecule has 0 atom stereocenters. The fourth-order valence-electron chi connectivity index (χ4n) is 4.76. The van der Waals surface area contributed by atoms with Gasteiger partial charge >= 0.3 is 12.1 Å². The first kappa shape index (κ1) is 28.3. The molecule has 0 unspecified atom stereocenters. The molecule has 39 heavy (non-hydrogen) atoms. The average molecular weight is 540 g/mol. The molecule has 3 aromatic rings. The molecular weight excluding hydrogens is 501 g/mol. The number of rotatable bonds is 9. The van der Waals surface area contributed by atoms with Gasteiger partial charge in [-0.05, 0) is 57.4 Å². The number of amides is 2. The number of fused-ring (bicyclic) bond motifs is 1. The van der Waals surface area contributed by atoms with Crippen LogP contribution in [-0.2, 0) is 11.3 Å². The first-order valence-corrected chi connectivity index (χ1v) is 13.5. The summed E-state index contributed by atoms with van der Waals surface area (Å²) in [5.74, 6) is 0.687. The lowest BCUT2D eigenvalue weighted by Crippen LogP contribution is -2.49. The Morgan fingerprint density at radius 2 is 1.87 bits per heavy atom. The number of unbranched alkanes of at least 4 members (excludes halogenated alkanes) is 2. The van der Waals surface area contributed by atoms with Crippen molar-refractivity contribution < 1.29 is 28.2 Å². The maximum Gasteiger partial charge on any atom is 0.419 e.